The third-order valence-electron chi connectivity index (χ3n) is 3.52. The number of carbonyl (C=O) groups is 1. The molecule has 0 spiro atoms. The van der Waals surface area contributed by atoms with Crippen molar-refractivity contribution >= 4 is 5.97 Å². The Morgan fingerprint density at radius 1 is 1.30 bits per heavy atom. The van der Waals surface area contributed by atoms with Crippen LogP contribution in [0.1, 0.15) is 30.9 Å². The highest BCUT2D eigenvalue weighted by molar-refractivity contribution is 5.78. The summed E-state index contributed by atoms with van der Waals surface area (Å²) in [5.41, 5.74) is 0.855. The van der Waals surface area contributed by atoms with Gasteiger partial charge in [-0.1, -0.05) is 6.07 Å². The highest BCUT2D eigenvalue weighted by atomic mass is 16.5. The van der Waals surface area contributed by atoms with E-state index in [0.29, 0.717) is 25.0 Å². The summed E-state index contributed by atoms with van der Waals surface area (Å²) >= 11 is 0. The lowest BCUT2D eigenvalue weighted by atomic mass is 10.1. The van der Waals surface area contributed by atoms with E-state index in [-0.39, 0.29) is 5.97 Å². The van der Waals surface area contributed by atoms with E-state index in [1.165, 1.54) is 7.11 Å². The normalized spacial score (nSPS) is 19.1. The van der Waals surface area contributed by atoms with E-state index >= 15 is 0 Å². The van der Waals surface area contributed by atoms with Crippen molar-refractivity contribution in [3.63, 3.8) is 0 Å². The molecule has 0 aromatic heterocycles. The molecule has 1 aromatic rings. The van der Waals surface area contributed by atoms with Crippen LogP contribution in [0.2, 0.25) is 0 Å². The van der Waals surface area contributed by atoms with Crippen molar-refractivity contribution < 1.29 is 19.0 Å². The smallest absolute Gasteiger partial charge is 0.327 e. The molecule has 1 aliphatic carbocycles. The topological polar surface area (TPSA) is 56.8 Å². The Balaban J connectivity index is 1.85. The number of ether oxygens (including phenoxy) is 3. The van der Waals surface area contributed by atoms with Crippen molar-refractivity contribution in [3.8, 4) is 11.5 Å². The predicted octanol–water partition coefficient (Wildman–Crippen LogP) is 1.81. The number of hydrogen-bond donors (Lipinski definition) is 1. The molecule has 1 saturated carbocycles. The van der Waals surface area contributed by atoms with Crippen LogP contribution in [0.5, 0.6) is 11.5 Å². The minimum absolute atomic E-state index is 0.272. The lowest BCUT2D eigenvalue weighted by molar-refractivity contribution is -0.143. The highest BCUT2D eigenvalue weighted by Gasteiger charge is 2.30. The van der Waals surface area contributed by atoms with Gasteiger partial charge in [0.05, 0.1) is 20.3 Å². The van der Waals surface area contributed by atoms with Gasteiger partial charge in [-0.3, -0.25) is 5.32 Å². The maximum absolute atomic E-state index is 12.0. The fourth-order valence-corrected chi connectivity index (χ4v) is 2.26. The van der Waals surface area contributed by atoms with E-state index in [2.05, 4.69) is 5.32 Å². The average Bonchev–Trinajstić information content (AvgIpc) is 3.29. The summed E-state index contributed by atoms with van der Waals surface area (Å²) in [5.74, 6) is 1.17. The van der Waals surface area contributed by atoms with E-state index in [9.17, 15) is 4.79 Å². The summed E-state index contributed by atoms with van der Waals surface area (Å²) in [5, 5.41) is 3.31. The highest BCUT2D eigenvalue weighted by Crippen LogP contribution is 2.33. The van der Waals surface area contributed by atoms with E-state index < -0.39 is 6.04 Å². The largest absolute Gasteiger partial charge is 0.490 e. The average molecular weight is 277 g/mol. The van der Waals surface area contributed by atoms with Crippen molar-refractivity contribution in [2.75, 3.05) is 20.3 Å². The van der Waals surface area contributed by atoms with Crippen LogP contribution in [0.15, 0.2) is 18.2 Å². The summed E-state index contributed by atoms with van der Waals surface area (Å²) < 4.78 is 16.2. The molecule has 1 atom stereocenters. The van der Waals surface area contributed by atoms with Gasteiger partial charge < -0.3 is 14.2 Å². The molecule has 1 N–H and O–H groups in total. The standard InChI is InChI=1S/C15H19NO4/c1-18-15(17)14(16-11-4-5-11)10-3-6-12-13(9-10)20-8-2-7-19-12/h3,6,9,11,14,16H,2,4-5,7-8H2,1H3. The maximum Gasteiger partial charge on any atom is 0.327 e. The molecule has 20 heavy (non-hydrogen) atoms. The number of benzene rings is 1. The zero-order valence-electron chi connectivity index (χ0n) is 11.6. The Bertz CT molecular complexity index is 499. The van der Waals surface area contributed by atoms with Crippen LogP contribution < -0.4 is 14.8 Å². The monoisotopic (exact) mass is 277 g/mol. The number of methoxy groups -OCH3 is 1. The summed E-state index contributed by atoms with van der Waals surface area (Å²) in [6.45, 7) is 1.29. The Morgan fingerprint density at radius 2 is 2.05 bits per heavy atom. The minimum atomic E-state index is -0.440. The molecule has 1 aromatic carbocycles. The summed E-state index contributed by atoms with van der Waals surface area (Å²) in [6, 6.07) is 5.60. The van der Waals surface area contributed by atoms with Crippen molar-refractivity contribution in [2.45, 2.75) is 31.3 Å². The minimum Gasteiger partial charge on any atom is -0.490 e. The second-order valence-electron chi connectivity index (χ2n) is 5.15. The van der Waals surface area contributed by atoms with E-state index in [1.807, 2.05) is 18.2 Å². The number of hydrogen-bond acceptors (Lipinski definition) is 5. The van der Waals surface area contributed by atoms with E-state index in [0.717, 1.165) is 30.6 Å². The molecule has 1 fully saturated rings. The van der Waals surface area contributed by atoms with Gasteiger partial charge >= 0.3 is 5.97 Å². The Morgan fingerprint density at radius 3 is 2.75 bits per heavy atom. The van der Waals surface area contributed by atoms with Gasteiger partial charge in [-0.15, -0.1) is 0 Å². The van der Waals surface area contributed by atoms with Crippen LogP contribution in [0, 0.1) is 0 Å². The van der Waals surface area contributed by atoms with Crippen LogP contribution in [-0.2, 0) is 9.53 Å². The number of rotatable bonds is 4. The Labute approximate surface area is 118 Å². The van der Waals surface area contributed by atoms with Crippen LogP contribution in [0.4, 0.5) is 0 Å². The first-order valence-corrected chi connectivity index (χ1v) is 7.01. The first kappa shape index (κ1) is 13.2. The van der Waals surface area contributed by atoms with Crippen LogP contribution in [0.25, 0.3) is 0 Å². The van der Waals surface area contributed by atoms with Crippen molar-refractivity contribution in [2.24, 2.45) is 0 Å². The maximum atomic E-state index is 12.0. The van der Waals surface area contributed by atoms with Crippen molar-refractivity contribution in [1.82, 2.24) is 5.32 Å². The van der Waals surface area contributed by atoms with E-state index in [4.69, 9.17) is 14.2 Å². The van der Waals surface area contributed by atoms with E-state index in [1.54, 1.807) is 0 Å². The van der Waals surface area contributed by atoms with Crippen LogP contribution >= 0.6 is 0 Å². The summed E-state index contributed by atoms with van der Waals surface area (Å²) in [4.78, 5) is 12.0. The summed E-state index contributed by atoms with van der Waals surface area (Å²) in [6.07, 6.45) is 3.08. The molecule has 3 rings (SSSR count). The molecular formula is C15H19NO4. The second kappa shape index (κ2) is 5.71. The molecule has 1 heterocycles. The lowest BCUT2D eigenvalue weighted by Crippen LogP contribution is -2.31. The number of esters is 1. The van der Waals surface area contributed by atoms with Crippen molar-refractivity contribution in [3.05, 3.63) is 23.8 Å². The van der Waals surface area contributed by atoms with Gasteiger partial charge in [-0.25, -0.2) is 4.79 Å². The molecule has 0 amide bonds. The predicted molar refractivity (Wildman–Crippen MR) is 73.0 cm³/mol. The quantitative estimate of drug-likeness (QED) is 0.851. The molecule has 0 saturated heterocycles. The molecule has 108 valence electrons. The van der Waals surface area contributed by atoms with Crippen LogP contribution in [-0.4, -0.2) is 32.3 Å². The fourth-order valence-electron chi connectivity index (χ4n) is 2.26. The molecule has 1 aliphatic heterocycles. The van der Waals surface area contributed by atoms with Gasteiger partial charge in [0, 0.05) is 12.5 Å². The number of nitrogens with one attached hydrogen (secondary N) is 1. The number of carbonyl (C=O) groups excluding carboxylic acids is 1. The second-order valence-corrected chi connectivity index (χ2v) is 5.15. The van der Waals surface area contributed by atoms with Crippen LogP contribution in [0.3, 0.4) is 0 Å². The Kier molecular flexibility index (Phi) is 3.78. The first-order chi connectivity index (χ1) is 9.78. The van der Waals surface area contributed by atoms with Gasteiger partial charge in [0.2, 0.25) is 0 Å². The molecule has 2 aliphatic rings. The third kappa shape index (κ3) is 2.88. The molecule has 0 radical (unpaired) electrons. The summed E-state index contributed by atoms with van der Waals surface area (Å²) in [7, 11) is 1.41. The van der Waals surface area contributed by atoms with Crippen molar-refractivity contribution in [1.29, 1.82) is 0 Å². The van der Waals surface area contributed by atoms with Gasteiger partial charge in [-0.2, -0.15) is 0 Å². The molecular weight excluding hydrogens is 258 g/mol. The first-order valence-electron chi connectivity index (χ1n) is 7.01. The Hall–Kier alpha value is -1.75. The van der Waals surface area contributed by atoms with Gasteiger partial charge in [0.15, 0.2) is 11.5 Å². The molecule has 5 nitrogen and oxygen atoms in total. The fraction of sp³-hybridized carbons (Fsp3) is 0.533. The molecule has 1 unspecified atom stereocenters. The SMILES string of the molecule is COC(=O)C(NC1CC1)c1ccc2c(c1)OCCCO2. The lowest BCUT2D eigenvalue weighted by Gasteiger charge is -2.18. The molecule has 5 heteroatoms. The molecule has 0 bridgehead atoms. The zero-order chi connectivity index (χ0) is 13.9. The van der Waals surface area contributed by atoms with Gasteiger partial charge in [-0.05, 0) is 30.5 Å². The third-order valence-corrected chi connectivity index (χ3v) is 3.52. The van der Waals surface area contributed by atoms with Gasteiger partial charge in [0.25, 0.3) is 0 Å². The number of fused-ring (bicyclic) bond motifs is 1. The zero-order valence-corrected chi connectivity index (χ0v) is 11.6. The van der Waals surface area contributed by atoms with Gasteiger partial charge in [0.1, 0.15) is 6.04 Å².